The zero-order valence-electron chi connectivity index (χ0n) is 6.40. The summed E-state index contributed by atoms with van der Waals surface area (Å²) in [4.78, 5) is 0. The first-order valence-electron chi connectivity index (χ1n) is 3.10. The van der Waals surface area contributed by atoms with Crippen molar-refractivity contribution in [3.63, 3.8) is 0 Å². The van der Waals surface area contributed by atoms with Crippen LogP contribution in [0.25, 0.3) is 0 Å². The molecule has 0 N–H and O–H groups in total. The molecule has 0 rings (SSSR count). The first kappa shape index (κ1) is 8.28. The van der Waals surface area contributed by atoms with Gasteiger partial charge in [0.2, 0.25) is 0 Å². The lowest BCUT2D eigenvalue weighted by Crippen LogP contribution is -1.80. The van der Waals surface area contributed by atoms with E-state index in [1.54, 1.807) is 7.11 Å². The second-order valence-corrected chi connectivity index (χ2v) is 2.01. The van der Waals surface area contributed by atoms with E-state index in [9.17, 15) is 0 Å². The Morgan fingerprint density at radius 1 is 1.67 bits per heavy atom. The highest BCUT2D eigenvalue weighted by atomic mass is 16.5. The van der Waals surface area contributed by atoms with Crippen molar-refractivity contribution in [1.29, 1.82) is 0 Å². The van der Waals surface area contributed by atoms with Crippen LogP contribution < -0.4 is 0 Å². The second kappa shape index (κ2) is 4.19. The quantitative estimate of drug-likeness (QED) is 0.417. The number of rotatable bonds is 3. The van der Waals surface area contributed by atoms with Crippen LogP contribution in [0.4, 0.5) is 0 Å². The molecular weight excluding hydrogens is 112 g/mol. The average Bonchev–Trinajstić information content (AvgIpc) is 1.87. The maximum Gasteiger partial charge on any atom is 0.111 e. The minimum Gasteiger partial charge on any atom is -0.497 e. The maximum absolute atomic E-state index is 4.85. The van der Waals surface area contributed by atoms with E-state index in [-0.39, 0.29) is 0 Å². The van der Waals surface area contributed by atoms with E-state index in [1.807, 2.05) is 6.08 Å². The summed E-state index contributed by atoms with van der Waals surface area (Å²) in [5, 5.41) is 0. The molecule has 0 spiro atoms. The van der Waals surface area contributed by atoms with E-state index in [2.05, 4.69) is 20.4 Å². The molecule has 0 unspecified atom stereocenters. The normalized spacial score (nSPS) is 11.2. The van der Waals surface area contributed by atoms with Gasteiger partial charge in [-0.1, -0.05) is 19.1 Å². The van der Waals surface area contributed by atoms with Gasteiger partial charge in [0, 0.05) is 0 Å². The molecule has 0 amide bonds. The molecule has 0 aromatic heterocycles. The van der Waals surface area contributed by atoms with Crippen molar-refractivity contribution in [2.24, 2.45) is 0 Å². The largest absolute Gasteiger partial charge is 0.497 e. The molecule has 0 saturated heterocycles. The molecule has 0 aliphatic carbocycles. The second-order valence-electron chi connectivity index (χ2n) is 2.01. The molecule has 0 atom stereocenters. The van der Waals surface area contributed by atoms with Gasteiger partial charge in [0.05, 0.1) is 7.11 Å². The van der Waals surface area contributed by atoms with Gasteiger partial charge in [-0.2, -0.15) is 0 Å². The fraction of sp³-hybridized carbons (Fsp3) is 0.500. The Morgan fingerprint density at radius 2 is 2.22 bits per heavy atom. The molecule has 0 bridgehead atoms. The van der Waals surface area contributed by atoms with E-state index in [4.69, 9.17) is 4.74 Å². The van der Waals surface area contributed by atoms with Gasteiger partial charge in [-0.3, -0.25) is 0 Å². The molecule has 1 heteroatoms. The highest BCUT2D eigenvalue weighted by molar-refractivity contribution is 5.13. The maximum atomic E-state index is 4.85. The molecule has 0 heterocycles. The summed E-state index contributed by atoms with van der Waals surface area (Å²) < 4.78 is 4.85. The third-order valence-corrected chi connectivity index (χ3v) is 1.23. The monoisotopic (exact) mass is 126 g/mol. The number of methoxy groups -OCH3 is 1. The van der Waals surface area contributed by atoms with Gasteiger partial charge in [0.25, 0.3) is 0 Å². The Hall–Kier alpha value is -0.720. The summed E-state index contributed by atoms with van der Waals surface area (Å²) in [6.07, 6.45) is 3.00. The molecule has 0 aliphatic heterocycles. The van der Waals surface area contributed by atoms with Gasteiger partial charge >= 0.3 is 0 Å². The standard InChI is InChI=1S/C8H14O/c1-5-7(2)6-8(3)9-4/h6H,3,5H2,1-2,4H3/b7-6+. The molecule has 0 radical (unpaired) electrons. The Morgan fingerprint density at radius 3 is 2.56 bits per heavy atom. The summed E-state index contributed by atoms with van der Waals surface area (Å²) in [7, 11) is 1.63. The van der Waals surface area contributed by atoms with E-state index >= 15 is 0 Å². The first-order valence-corrected chi connectivity index (χ1v) is 3.10. The molecule has 0 aromatic rings. The zero-order valence-corrected chi connectivity index (χ0v) is 6.40. The highest BCUT2D eigenvalue weighted by Crippen LogP contribution is 2.02. The highest BCUT2D eigenvalue weighted by Gasteiger charge is 1.85. The van der Waals surface area contributed by atoms with Gasteiger partial charge < -0.3 is 4.74 Å². The Kier molecular flexibility index (Phi) is 3.85. The van der Waals surface area contributed by atoms with Crippen molar-refractivity contribution in [3.05, 3.63) is 24.0 Å². The van der Waals surface area contributed by atoms with Crippen LogP contribution in [0.5, 0.6) is 0 Å². The summed E-state index contributed by atoms with van der Waals surface area (Å²) in [5.41, 5.74) is 1.29. The van der Waals surface area contributed by atoms with Crippen LogP contribution in [0, 0.1) is 0 Å². The molecule has 0 fully saturated rings. The Labute approximate surface area is 57.0 Å². The van der Waals surface area contributed by atoms with Crippen molar-refractivity contribution in [2.75, 3.05) is 7.11 Å². The first-order chi connectivity index (χ1) is 4.20. The van der Waals surface area contributed by atoms with Crippen LogP contribution in [-0.2, 0) is 4.74 Å². The smallest absolute Gasteiger partial charge is 0.111 e. The van der Waals surface area contributed by atoms with Crippen LogP contribution in [0.3, 0.4) is 0 Å². The van der Waals surface area contributed by atoms with Gasteiger partial charge in [-0.15, -0.1) is 0 Å². The van der Waals surface area contributed by atoms with Gasteiger partial charge in [-0.25, -0.2) is 0 Å². The number of allylic oxidation sites excluding steroid dienone is 2. The van der Waals surface area contributed by atoms with E-state index < -0.39 is 0 Å². The van der Waals surface area contributed by atoms with Gasteiger partial charge in [-0.05, 0) is 19.4 Å². The van der Waals surface area contributed by atoms with E-state index in [0.717, 1.165) is 12.2 Å². The van der Waals surface area contributed by atoms with Crippen LogP contribution in [0.15, 0.2) is 24.0 Å². The minimum atomic E-state index is 0.731. The van der Waals surface area contributed by atoms with Crippen molar-refractivity contribution in [1.82, 2.24) is 0 Å². The molecule has 1 nitrogen and oxygen atoms in total. The molecule has 0 aromatic carbocycles. The molecule has 52 valence electrons. The van der Waals surface area contributed by atoms with Crippen molar-refractivity contribution < 1.29 is 4.74 Å². The average molecular weight is 126 g/mol. The lowest BCUT2D eigenvalue weighted by Gasteiger charge is -1.97. The van der Waals surface area contributed by atoms with Crippen LogP contribution in [0.2, 0.25) is 0 Å². The Balaban J connectivity index is 3.79. The fourth-order valence-electron chi connectivity index (χ4n) is 0.436. The molecule has 0 saturated carbocycles. The topological polar surface area (TPSA) is 9.23 Å². The lowest BCUT2D eigenvalue weighted by molar-refractivity contribution is 0.308. The van der Waals surface area contributed by atoms with Crippen LogP contribution in [0.1, 0.15) is 20.3 Å². The predicted molar refractivity (Wildman–Crippen MR) is 40.2 cm³/mol. The van der Waals surface area contributed by atoms with Gasteiger partial charge in [0.15, 0.2) is 0 Å². The number of hydrogen-bond donors (Lipinski definition) is 0. The zero-order chi connectivity index (χ0) is 7.28. The predicted octanol–water partition coefficient (Wildman–Crippen LogP) is 2.50. The third-order valence-electron chi connectivity index (χ3n) is 1.23. The summed E-state index contributed by atoms with van der Waals surface area (Å²) >= 11 is 0. The SMILES string of the molecule is C=C(/C=C(\C)CC)OC. The third kappa shape index (κ3) is 3.83. The Bertz CT molecular complexity index is 123. The summed E-state index contributed by atoms with van der Waals surface area (Å²) in [6, 6.07) is 0. The number of ether oxygens (including phenoxy) is 1. The number of hydrogen-bond acceptors (Lipinski definition) is 1. The van der Waals surface area contributed by atoms with Crippen LogP contribution >= 0.6 is 0 Å². The van der Waals surface area contributed by atoms with Crippen molar-refractivity contribution in [2.45, 2.75) is 20.3 Å². The van der Waals surface area contributed by atoms with E-state index in [0.29, 0.717) is 0 Å². The summed E-state index contributed by atoms with van der Waals surface area (Å²) in [5.74, 6) is 0.731. The molecule has 9 heavy (non-hydrogen) atoms. The van der Waals surface area contributed by atoms with Crippen molar-refractivity contribution in [3.8, 4) is 0 Å². The van der Waals surface area contributed by atoms with Crippen molar-refractivity contribution >= 4 is 0 Å². The molecule has 0 aliphatic rings. The fourth-order valence-corrected chi connectivity index (χ4v) is 0.436. The lowest BCUT2D eigenvalue weighted by atomic mass is 10.2. The van der Waals surface area contributed by atoms with Gasteiger partial charge in [0.1, 0.15) is 5.76 Å². The van der Waals surface area contributed by atoms with Crippen LogP contribution in [-0.4, -0.2) is 7.11 Å². The van der Waals surface area contributed by atoms with E-state index in [1.165, 1.54) is 5.57 Å². The minimum absolute atomic E-state index is 0.731. The summed E-state index contributed by atoms with van der Waals surface area (Å²) in [6.45, 7) is 7.83. The molecular formula is C8H14O.